The summed E-state index contributed by atoms with van der Waals surface area (Å²) >= 11 is 0. The Morgan fingerprint density at radius 2 is 1.93 bits per heavy atom. The van der Waals surface area contributed by atoms with Gasteiger partial charge in [-0.1, -0.05) is 18.9 Å². The molecule has 3 aliphatic rings. The molecule has 1 atom stereocenters. The van der Waals surface area contributed by atoms with E-state index in [2.05, 4.69) is 39.0 Å². The van der Waals surface area contributed by atoms with Crippen molar-refractivity contribution < 1.29 is 14.3 Å². The minimum atomic E-state index is -0.179. The fourth-order valence-corrected chi connectivity index (χ4v) is 6.06. The molecule has 10 nitrogen and oxygen atoms in total. The van der Waals surface area contributed by atoms with E-state index in [1.807, 2.05) is 12.1 Å². The van der Waals surface area contributed by atoms with Crippen molar-refractivity contribution in [3.8, 4) is 5.75 Å². The van der Waals surface area contributed by atoms with Gasteiger partial charge in [-0.15, -0.1) is 6.58 Å². The van der Waals surface area contributed by atoms with E-state index in [1.165, 1.54) is 12.8 Å². The van der Waals surface area contributed by atoms with Gasteiger partial charge in [0.15, 0.2) is 5.82 Å². The van der Waals surface area contributed by atoms with Crippen LogP contribution in [0, 0.1) is 5.92 Å². The number of anilines is 4. The molecule has 2 aliphatic heterocycles. The Kier molecular flexibility index (Phi) is 8.54. The standard InChI is InChI=1S/C30H41N7O3/c1-5-8-21-19-37(23-9-6-7-10-23)27-25(36(3)29(21)39)18-31-30(34-27)33-24-12-11-20(17-26(24)40-4)28(38)32-22-13-15-35(2)16-14-22/h5,11-12,17-18,21-23H,1,6-10,13-16,19H2,2-4H3,(H,32,38)(H,31,33,34). The molecule has 1 aliphatic carbocycles. The number of nitrogens with one attached hydrogen (secondary N) is 2. The molecule has 1 saturated carbocycles. The molecule has 1 aromatic carbocycles. The van der Waals surface area contributed by atoms with Crippen molar-refractivity contribution >= 4 is 35.0 Å². The predicted octanol–water partition coefficient (Wildman–Crippen LogP) is 3.97. The molecule has 40 heavy (non-hydrogen) atoms. The minimum absolute atomic E-state index is 0.0572. The van der Waals surface area contributed by atoms with E-state index in [-0.39, 0.29) is 23.8 Å². The number of rotatable bonds is 8. The third kappa shape index (κ3) is 5.91. The lowest BCUT2D eigenvalue weighted by Crippen LogP contribution is -2.43. The van der Waals surface area contributed by atoms with E-state index < -0.39 is 0 Å². The third-order valence-corrected chi connectivity index (χ3v) is 8.46. The van der Waals surface area contributed by atoms with E-state index in [4.69, 9.17) is 9.72 Å². The van der Waals surface area contributed by atoms with Crippen molar-refractivity contribution in [2.24, 2.45) is 5.92 Å². The van der Waals surface area contributed by atoms with Crippen molar-refractivity contribution in [1.82, 2.24) is 20.2 Å². The topological polar surface area (TPSA) is 103 Å². The zero-order chi connectivity index (χ0) is 28.2. The molecular formula is C30H41N7O3. The summed E-state index contributed by atoms with van der Waals surface area (Å²) in [5, 5.41) is 6.45. The molecule has 0 bridgehead atoms. The number of carbonyl (C=O) groups excluding carboxylic acids is 2. The number of benzene rings is 1. The van der Waals surface area contributed by atoms with Gasteiger partial charge in [0.1, 0.15) is 11.4 Å². The van der Waals surface area contributed by atoms with Gasteiger partial charge in [0.05, 0.1) is 24.9 Å². The van der Waals surface area contributed by atoms with Crippen LogP contribution in [0.15, 0.2) is 37.1 Å². The molecule has 5 rings (SSSR count). The van der Waals surface area contributed by atoms with Crippen LogP contribution in [0.5, 0.6) is 5.75 Å². The van der Waals surface area contributed by atoms with Crippen LogP contribution in [0.25, 0.3) is 0 Å². The number of piperidine rings is 1. The number of amides is 2. The summed E-state index contributed by atoms with van der Waals surface area (Å²) in [4.78, 5) is 42.0. The van der Waals surface area contributed by atoms with Crippen LogP contribution in [0.1, 0.15) is 55.3 Å². The molecule has 1 aromatic heterocycles. The van der Waals surface area contributed by atoms with E-state index in [1.54, 1.807) is 37.4 Å². The van der Waals surface area contributed by atoms with Gasteiger partial charge in [-0.3, -0.25) is 9.59 Å². The van der Waals surface area contributed by atoms with Crippen LogP contribution in [-0.2, 0) is 4.79 Å². The molecule has 10 heteroatoms. The first-order chi connectivity index (χ1) is 19.4. The molecule has 2 N–H and O–H groups in total. The molecule has 2 amide bonds. The quantitative estimate of drug-likeness (QED) is 0.479. The van der Waals surface area contributed by atoms with Crippen LogP contribution >= 0.6 is 0 Å². The smallest absolute Gasteiger partial charge is 0.251 e. The summed E-state index contributed by atoms with van der Waals surface area (Å²) in [6.07, 6.45) is 10.6. The summed E-state index contributed by atoms with van der Waals surface area (Å²) < 4.78 is 5.64. The number of allylic oxidation sites excluding steroid dienone is 1. The summed E-state index contributed by atoms with van der Waals surface area (Å²) in [5.41, 5.74) is 1.92. The Morgan fingerprint density at radius 1 is 1.18 bits per heavy atom. The number of fused-ring (bicyclic) bond motifs is 1. The number of nitrogens with zero attached hydrogens (tertiary/aromatic N) is 5. The van der Waals surface area contributed by atoms with Crippen molar-refractivity contribution in [3.05, 3.63) is 42.6 Å². The third-order valence-electron chi connectivity index (χ3n) is 8.46. The lowest BCUT2D eigenvalue weighted by molar-refractivity contribution is -0.121. The Labute approximate surface area is 236 Å². The summed E-state index contributed by atoms with van der Waals surface area (Å²) in [5.74, 6) is 1.48. The Morgan fingerprint density at radius 3 is 2.62 bits per heavy atom. The fourth-order valence-electron chi connectivity index (χ4n) is 6.06. The monoisotopic (exact) mass is 547 g/mol. The minimum Gasteiger partial charge on any atom is -0.495 e. The van der Waals surface area contributed by atoms with Crippen LogP contribution in [0.3, 0.4) is 0 Å². The normalized spacial score (nSPS) is 20.7. The van der Waals surface area contributed by atoms with Gasteiger partial charge >= 0.3 is 0 Å². The summed E-state index contributed by atoms with van der Waals surface area (Å²) in [6, 6.07) is 5.87. The van der Waals surface area contributed by atoms with E-state index in [9.17, 15) is 9.59 Å². The SMILES string of the molecule is C=CCC1CN(C2CCCC2)c2nc(Nc3ccc(C(=O)NC4CCN(C)CC4)cc3OC)ncc2N(C)C1=O. The number of ether oxygens (including phenoxy) is 1. The second kappa shape index (κ2) is 12.2. The molecular weight excluding hydrogens is 506 g/mol. The number of hydrogen-bond acceptors (Lipinski definition) is 8. The molecule has 214 valence electrons. The first-order valence-corrected chi connectivity index (χ1v) is 14.3. The summed E-state index contributed by atoms with van der Waals surface area (Å²) in [7, 11) is 5.48. The molecule has 0 spiro atoms. The van der Waals surface area contributed by atoms with Gasteiger partial charge in [-0.25, -0.2) is 4.98 Å². The van der Waals surface area contributed by atoms with Crippen LogP contribution in [0.2, 0.25) is 0 Å². The first-order valence-electron chi connectivity index (χ1n) is 14.3. The maximum Gasteiger partial charge on any atom is 0.251 e. The van der Waals surface area contributed by atoms with Crippen LogP contribution in [-0.4, -0.2) is 79.6 Å². The highest BCUT2D eigenvalue weighted by Crippen LogP contribution is 2.38. The van der Waals surface area contributed by atoms with Gasteiger partial charge in [-0.2, -0.15) is 4.98 Å². The first kappa shape index (κ1) is 27.9. The average Bonchev–Trinajstić information content (AvgIpc) is 3.48. The van der Waals surface area contributed by atoms with Crippen molar-refractivity contribution in [2.45, 2.75) is 57.0 Å². The van der Waals surface area contributed by atoms with Crippen LogP contribution in [0.4, 0.5) is 23.1 Å². The molecule has 2 fully saturated rings. The van der Waals surface area contributed by atoms with Crippen LogP contribution < -0.4 is 25.2 Å². The number of aromatic nitrogens is 2. The second-order valence-corrected chi connectivity index (χ2v) is 11.2. The fraction of sp³-hybridized carbons (Fsp3) is 0.533. The largest absolute Gasteiger partial charge is 0.495 e. The predicted molar refractivity (Wildman–Crippen MR) is 158 cm³/mol. The average molecular weight is 548 g/mol. The molecule has 0 radical (unpaired) electrons. The summed E-state index contributed by atoms with van der Waals surface area (Å²) in [6.45, 7) is 6.44. The maximum atomic E-state index is 13.3. The van der Waals surface area contributed by atoms with Crippen molar-refractivity contribution in [1.29, 1.82) is 0 Å². The Balaban J connectivity index is 1.38. The van der Waals surface area contributed by atoms with Crippen molar-refractivity contribution in [3.63, 3.8) is 0 Å². The molecule has 1 saturated heterocycles. The number of carbonyl (C=O) groups is 2. The lowest BCUT2D eigenvalue weighted by atomic mass is 10.0. The van der Waals surface area contributed by atoms with E-state index in [0.717, 1.165) is 44.6 Å². The maximum absolute atomic E-state index is 13.3. The number of hydrogen-bond donors (Lipinski definition) is 2. The highest BCUT2D eigenvalue weighted by Gasteiger charge is 2.36. The second-order valence-electron chi connectivity index (χ2n) is 11.2. The van der Waals surface area contributed by atoms with E-state index in [0.29, 0.717) is 47.6 Å². The van der Waals surface area contributed by atoms with Gasteiger partial charge < -0.3 is 30.1 Å². The van der Waals surface area contributed by atoms with Gasteiger partial charge in [0.25, 0.3) is 5.91 Å². The Hall–Kier alpha value is -3.66. The highest BCUT2D eigenvalue weighted by molar-refractivity contribution is 5.99. The number of methoxy groups -OCH3 is 1. The Bertz CT molecular complexity index is 1240. The highest BCUT2D eigenvalue weighted by atomic mass is 16.5. The molecule has 3 heterocycles. The van der Waals surface area contributed by atoms with Gasteiger partial charge in [-0.05, 0) is 70.4 Å². The number of likely N-dealkylation sites (tertiary alicyclic amines) is 1. The van der Waals surface area contributed by atoms with Gasteiger partial charge in [0, 0.05) is 31.2 Å². The van der Waals surface area contributed by atoms with Gasteiger partial charge in [0.2, 0.25) is 11.9 Å². The van der Waals surface area contributed by atoms with Crippen molar-refractivity contribution in [2.75, 3.05) is 56.0 Å². The molecule has 1 unspecified atom stereocenters. The molecule has 2 aromatic rings. The lowest BCUT2D eigenvalue weighted by Gasteiger charge is -2.31. The zero-order valence-electron chi connectivity index (χ0n) is 23.9. The zero-order valence-corrected chi connectivity index (χ0v) is 23.9. The van der Waals surface area contributed by atoms with E-state index >= 15 is 0 Å².